The first kappa shape index (κ1) is 17.1. The van der Waals surface area contributed by atoms with Crippen LogP contribution in [0.3, 0.4) is 0 Å². The number of sulfonamides is 1. The van der Waals surface area contributed by atoms with Gasteiger partial charge in [0.2, 0.25) is 15.9 Å². The van der Waals surface area contributed by atoms with Crippen molar-refractivity contribution in [3.63, 3.8) is 0 Å². The SMILES string of the molecule is Cc1cc(C)c(S(=O)(=O)N[C@@H](CC(N)=O)C(=O)O)c(C)c1. The summed E-state index contributed by atoms with van der Waals surface area (Å²) in [7, 11) is -4.07. The molecule has 0 saturated heterocycles. The summed E-state index contributed by atoms with van der Waals surface area (Å²) in [6.45, 7) is 5.08. The number of carbonyl (C=O) groups excluding carboxylic acids is 1. The van der Waals surface area contributed by atoms with E-state index < -0.39 is 34.4 Å². The zero-order valence-corrected chi connectivity index (χ0v) is 12.8. The van der Waals surface area contributed by atoms with Gasteiger partial charge in [0.15, 0.2) is 0 Å². The summed E-state index contributed by atoms with van der Waals surface area (Å²) in [6.07, 6.45) is -0.613. The monoisotopic (exact) mass is 314 g/mol. The molecule has 0 aliphatic carbocycles. The minimum Gasteiger partial charge on any atom is -0.480 e. The van der Waals surface area contributed by atoms with Crippen molar-refractivity contribution in [1.82, 2.24) is 4.72 Å². The molecule has 0 unspecified atom stereocenters. The number of carbonyl (C=O) groups is 2. The summed E-state index contributed by atoms with van der Waals surface area (Å²) in [5.74, 6) is -2.36. The van der Waals surface area contributed by atoms with Crippen molar-refractivity contribution in [2.75, 3.05) is 0 Å². The third-order valence-corrected chi connectivity index (χ3v) is 4.65. The molecule has 0 saturated carbocycles. The molecule has 0 aliphatic heterocycles. The lowest BCUT2D eigenvalue weighted by molar-refractivity contribution is -0.140. The first-order valence-corrected chi connectivity index (χ1v) is 7.64. The fourth-order valence-corrected chi connectivity index (χ4v) is 3.86. The van der Waals surface area contributed by atoms with Gasteiger partial charge in [-0.15, -0.1) is 0 Å². The summed E-state index contributed by atoms with van der Waals surface area (Å²) in [5.41, 5.74) is 6.84. The number of aliphatic carboxylic acids is 1. The van der Waals surface area contributed by atoms with Gasteiger partial charge in [-0.25, -0.2) is 8.42 Å². The molecule has 116 valence electrons. The first-order chi connectivity index (χ1) is 9.54. The fraction of sp³-hybridized carbons (Fsp3) is 0.385. The Morgan fingerprint density at radius 1 is 1.24 bits per heavy atom. The normalized spacial score (nSPS) is 12.9. The van der Waals surface area contributed by atoms with E-state index in [9.17, 15) is 18.0 Å². The number of nitrogens with one attached hydrogen (secondary N) is 1. The molecule has 0 aliphatic rings. The number of rotatable bonds is 6. The van der Waals surface area contributed by atoms with Crippen LogP contribution in [0.5, 0.6) is 0 Å². The number of benzene rings is 1. The number of carboxylic acid groups (broad SMARTS) is 1. The number of amides is 1. The topological polar surface area (TPSA) is 127 Å². The van der Waals surface area contributed by atoms with Gasteiger partial charge in [-0.3, -0.25) is 9.59 Å². The van der Waals surface area contributed by atoms with Crippen LogP contribution in [-0.4, -0.2) is 31.4 Å². The second kappa shape index (κ2) is 6.23. The van der Waals surface area contributed by atoms with E-state index in [1.165, 1.54) is 0 Å². The third-order valence-electron chi connectivity index (χ3n) is 2.87. The molecule has 4 N–H and O–H groups in total. The summed E-state index contributed by atoms with van der Waals surface area (Å²) >= 11 is 0. The molecular formula is C13H18N2O5S. The maximum atomic E-state index is 12.4. The molecular weight excluding hydrogens is 296 g/mol. The third kappa shape index (κ3) is 4.27. The van der Waals surface area contributed by atoms with Crippen molar-refractivity contribution in [3.05, 3.63) is 28.8 Å². The van der Waals surface area contributed by atoms with E-state index in [1.54, 1.807) is 26.0 Å². The molecule has 1 aromatic carbocycles. The number of hydrogen-bond acceptors (Lipinski definition) is 4. The minimum absolute atomic E-state index is 0.0174. The molecule has 0 radical (unpaired) electrons. The summed E-state index contributed by atoms with van der Waals surface area (Å²) < 4.78 is 26.7. The Morgan fingerprint density at radius 2 is 1.71 bits per heavy atom. The molecule has 0 spiro atoms. The highest BCUT2D eigenvalue weighted by Crippen LogP contribution is 2.22. The van der Waals surface area contributed by atoms with Gasteiger partial charge >= 0.3 is 5.97 Å². The molecule has 1 atom stereocenters. The van der Waals surface area contributed by atoms with E-state index in [1.807, 2.05) is 11.6 Å². The van der Waals surface area contributed by atoms with Crippen LogP contribution in [0.15, 0.2) is 17.0 Å². The van der Waals surface area contributed by atoms with E-state index in [-0.39, 0.29) is 4.90 Å². The number of hydrogen-bond donors (Lipinski definition) is 3. The van der Waals surface area contributed by atoms with Gasteiger partial charge in [0.05, 0.1) is 11.3 Å². The molecule has 1 amide bonds. The van der Waals surface area contributed by atoms with Gasteiger partial charge < -0.3 is 10.8 Å². The molecule has 0 bridgehead atoms. The standard InChI is InChI=1S/C13H18N2O5S/c1-7-4-8(2)12(9(3)5-7)21(19,20)15-10(13(17)18)6-11(14)16/h4-5,10,15H,6H2,1-3H3,(H2,14,16)(H,17,18)/t10-/m0/s1. The Bertz CT molecular complexity index is 659. The van der Waals surface area contributed by atoms with Crippen molar-refractivity contribution in [2.45, 2.75) is 38.1 Å². The van der Waals surface area contributed by atoms with Crippen LogP contribution in [0.4, 0.5) is 0 Å². The van der Waals surface area contributed by atoms with Gasteiger partial charge in [0, 0.05) is 0 Å². The van der Waals surface area contributed by atoms with Crippen LogP contribution in [0.25, 0.3) is 0 Å². The largest absolute Gasteiger partial charge is 0.480 e. The van der Waals surface area contributed by atoms with E-state index >= 15 is 0 Å². The highest BCUT2D eigenvalue weighted by atomic mass is 32.2. The van der Waals surface area contributed by atoms with Crippen LogP contribution in [-0.2, 0) is 19.6 Å². The zero-order valence-electron chi connectivity index (χ0n) is 12.0. The average Bonchev–Trinajstić information content (AvgIpc) is 2.24. The maximum absolute atomic E-state index is 12.4. The van der Waals surface area contributed by atoms with Crippen molar-refractivity contribution in [3.8, 4) is 0 Å². The lowest BCUT2D eigenvalue weighted by Crippen LogP contribution is -2.43. The van der Waals surface area contributed by atoms with E-state index in [4.69, 9.17) is 10.8 Å². The van der Waals surface area contributed by atoms with Crippen LogP contribution in [0.1, 0.15) is 23.1 Å². The molecule has 0 heterocycles. The van der Waals surface area contributed by atoms with Crippen molar-refractivity contribution >= 4 is 21.9 Å². The fourth-order valence-electron chi connectivity index (χ4n) is 2.22. The molecule has 0 aromatic heterocycles. The number of nitrogens with two attached hydrogens (primary N) is 1. The molecule has 1 rings (SSSR count). The van der Waals surface area contributed by atoms with Gasteiger partial charge in [-0.1, -0.05) is 17.7 Å². The number of carboxylic acids is 1. The molecule has 21 heavy (non-hydrogen) atoms. The van der Waals surface area contributed by atoms with Crippen LogP contribution in [0.2, 0.25) is 0 Å². The highest BCUT2D eigenvalue weighted by molar-refractivity contribution is 7.89. The lowest BCUT2D eigenvalue weighted by atomic mass is 10.1. The molecule has 7 nitrogen and oxygen atoms in total. The van der Waals surface area contributed by atoms with Crippen molar-refractivity contribution < 1.29 is 23.1 Å². The maximum Gasteiger partial charge on any atom is 0.322 e. The predicted molar refractivity (Wildman–Crippen MR) is 76.2 cm³/mol. The Labute approximate surface area is 123 Å². The van der Waals surface area contributed by atoms with Crippen LogP contribution < -0.4 is 10.5 Å². The average molecular weight is 314 g/mol. The van der Waals surface area contributed by atoms with Gasteiger partial charge in [0.1, 0.15) is 6.04 Å². The molecule has 8 heteroatoms. The van der Waals surface area contributed by atoms with Crippen LogP contribution >= 0.6 is 0 Å². The second-order valence-electron chi connectivity index (χ2n) is 4.91. The zero-order chi connectivity index (χ0) is 16.4. The highest BCUT2D eigenvalue weighted by Gasteiger charge is 2.28. The molecule has 0 fully saturated rings. The first-order valence-electron chi connectivity index (χ1n) is 6.16. The predicted octanol–water partition coefficient (Wildman–Crippen LogP) is 0.219. The van der Waals surface area contributed by atoms with E-state index in [0.717, 1.165) is 5.56 Å². The Kier molecular flexibility index (Phi) is 5.08. The molecule has 1 aromatic rings. The Balaban J connectivity index is 3.23. The van der Waals surface area contributed by atoms with Gasteiger partial charge in [0.25, 0.3) is 0 Å². The lowest BCUT2D eigenvalue weighted by Gasteiger charge is -2.16. The number of primary amides is 1. The van der Waals surface area contributed by atoms with Crippen molar-refractivity contribution in [2.24, 2.45) is 5.73 Å². The van der Waals surface area contributed by atoms with Gasteiger partial charge in [-0.2, -0.15) is 4.72 Å². The van der Waals surface area contributed by atoms with E-state index in [2.05, 4.69) is 0 Å². The van der Waals surface area contributed by atoms with E-state index in [0.29, 0.717) is 11.1 Å². The minimum atomic E-state index is -4.07. The van der Waals surface area contributed by atoms with Gasteiger partial charge in [-0.05, 0) is 31.9 Å². The smallest absolute Gasteiger partial charge is 0.322 e. The summed E-state index contributed by atoms with van der Waals surface area (Å²) in [6, 6.07) is 1.78. The Hall–Kier alpha value is -1.93. The Morgan fingerprint density at radius 3 is 2.10 bits per heavy atom. The summed E-state index contributed by atoms with van der Waals surface area (Å²) in [5, 5.41) is 8.98. The van der Waals surface area contributed by atoms with Crippen LogP contribution in [0, 0.1) is 20.8 Å². The van der Waals surface area contributed by atoms with Crippen molar-refractivity contribution in [1.29, 1.82) is 0 Å². The summed E-state index contributed by atoms with van der Waals surface area (Å²) in [4.78, 5) is 21.9. The number of aryl methyl sites for hydroxylation is 3. The second-order valence-corrected chi connectivity index (χ2v) is 6.56. The quantitative estimate of drug-likeness (QED) is 0.692.